The summed E-state index contributed by atoms with van der Waals surface area (Å²) in [6.45, 7) is 0.103. The van der Waals surface area contributed by atoms with Gasteiger partial charge >= 0.3 is 0 Å². The molecule has 1 aromatic rings. The number of rotatable bonds is 4. The zero-order chi connectivity index (χ0) is 11.4. The number of hydrogen-bond acceptors (Lipinski definition) is 3. The van der Waals surface area contributed by atoms with Crippen molar-refractivity contribution in [3.05, 3.63) is 28.5 Å². The van der Waals surface area contributed by atoms with Crippen LogP contribution in [0.5, 0.6) is 5.75 Å². The monoisotopic (exact) mass is 231 g/mol. The second kappa shape index (κ2) is 5.09. The Balaban J connectivity index is 3.15. The number of carbonyl (C=O) groups excluding carboxylic acids is 1. The Morgan fingerprint density at radius 2 is 2.27 bits per heavy atom. The minimum atomic E-state index is -0.657. The number of ketones is 1. The molecule has 5 heteroatoms. The second-order valence-electron chi connectivity index (χ2n) is 2.92. The smallest absolute Gasteiger partial charge is 0.178 e. The molecule has 0 aliphatic carbocycles. The molecule has 0 saturated heterocycles. The van der Waals surface area contributed by atoms with Gasteiger partial charge in [-0.15, -0.1) is 0 Å². The molecule has 0 bridgehead atoms. The van der Waals surface area contributed by atoms with Gasteiger partial charge in [-0.05, 0) is 13.1 Å². The third kappa shape index (κ3) is 2.67. The summed E-state index contributed by atoms with van der Waals surface area (Å²) in [4.78, 5) is 11.5. The molecule has 0 atom stereocenters. The zero-order valence-electron chi connectivity index (χ0n) is 8.43. The van der Waals surface area contributed by atoms with Crippen LogP contribution in [0.3, 0.4) is 0 Å². The molecule has 1 rings (SSSR count). The lowest BCUT2D eigenvalue weighted by molar-refractivity contribution is 0.0993. The summed E-state index contributed by atoms with van der Waals surface area (Å²) in [5.74, 6) is -0.660. The van der Waals surface area contributed by atoms with Gasteiger partial charge in [0.05, 0.1) is 18.7 Å². The molecule has 0 fully saturated rings. The minimum Gasteiger partial charge on any atom is -0.497 e. The molecule has 0 spiro atoms. The predicted molar refractivity (Wildman–Crippen MR) is 56.2 cm³/mol. The summed E-state index contributed by atoms with van der Waals surface area (Å²) in [6, 6.07) is 2.56. The summed E-state index contributed by atoms with van der Waals surface area (Å²) < 4.78 is 18.1. The summed E-state index contributed by atoms with van der Waals surface area (Å²) in [5.41, 5.74) is 0.128. The van der Waals surface area contributed by atoms with E-state index in [9.17, 15) is 9.18 Å². The Labute approximate surface area is 92.2 Å². The summed E-state index contributed by atoms with van der Waals surface area (Å²) >= 11 is 5.67. The van der Waals surface area contributed by atoms with Crippen LogP contribution in [-0.2, 0) is 0 Å². The van der Waals surface area contributed by atoms with Crippen LogP contribution in [0.4, 0.5) is 4.39 Å². The SMILES string of the molecule is CNCC(=O)c1cc(OC)cc(F)c1Cl. The highest BCUT2D eigenvalue weighted by molar-refractivity contribution is 6.34. The third-order valence-electron chi connectivity index (χ3n) is 1.88. The average molecular weight is 232 g/mol. The van der Waals surface area contributed by atoms with E-state index in [0.29, 0.717) is 0 Å². The first-order valence-electron chi connectivity index (χ1n) is 4.31. The first-order valence-corrected chi connectivity index (χ1v) is 4.68. The van der Waals surface area contributed by atoms with Crippen LogP contribution in [0.2, 0.25) is 5.02 Å². The van der Waals surface area contributed by atoms with Crippen molar-refractivity contribution in [2.24, 2.45) is 0 Å². The Bertz CT molecular complexity index is 382. The second-order valence-corrected chi connectivity index (χ2v) is 3.30. The highest BCUT2D eigenvalue weighted by atomic mass is 35.5. The molecule has 0 heterocycles. The van der Waals surface area contributed by atoms with Crippen molar-refractivity contribution >= 4 is 17.4 Å². The van der Waals surface area contributed by atoms with Gasteiger partial charge < -0.3 is 10.1 Å². The van der Waals surface area contributed by atoms with Crippen LogP contribution in [0.1, 0.15) is 10.4 Å². The molecular formula is C10H11ClFNO2. The quantitative estimate of drug-likeness (QED) is 0.805. The Hall–Kier alpha value is -1.13. The molecule has 0 aromatic heterocycles. The van der Waals surface area contributed by atoms with E-state index in [4.69, 9.17) is 16.3 Å². The molecule has 0 amide bonds. The number of likely N-dealkylation sites (N-methyl/N-ethyl adjacent to an activating group) is 1. The molecule has 1 aromatic carbocycles. The number of nitrogens with one attached hydrogen (secondary N) is 1. The molecule has 0 aliphatic rings. The Morgan fingerprint density at radius 1 is 1.60 bits per heavy atom. The number of Topliss-reactive ketones (excluding diaryl/α,β-unsaturated/α-hetero) is 1. The van der Waals surface area contributed by atoms with Crippen LogP contribution in [0.15, 0.2) is 12.1 Å². The van der Waals surface area contributed by atoms with Gasteiger partial charge in [-0.3, -0.25) is 4.79 Å². The van der Waals surface area contributed by atoms with Crippen molar-refractivity contribution in [3.8, 4) is 5.75 Å². The van der Waals surface area contributed by atoms with Crippen LogP contribution in [-0.4, -0.2) is 26.5 Å². The molecule has 0 unspecified atom stereocenters. The topological polar surface area (TPSA) is 38.3 Å². The van der Waals surface area contributed by atoms with E-state index in [1.54, 1.807) is 7.05 Å². The number of carbonyl (C=O) groups is 1. The van der Waals surface area contributed by atoms with Crippen LogP contribution < -0.4 is 10.1 Å². The van der Waals surface area contributed by atoms with E-state index in [2.05, 4.69) is 5.32 Å². The Morgan fingerprint density at radius 3 is 2.80 bits per heavy atom. The number of benzene rings is 1. The van der Waals surface area contributed by atoms with Gasteiger partial charge in [0, 0.05) is 11.6 Å². The first kappa shape index (κ1) is 11.9. The highest BCUT2D eigenvalue weighted by Gasteiger charge is 2.15. The largest absolute Gasteiger partial charge is 0.497 e. The lowest BCUT2D eigenvalue weighted by Gasteiger charge is -2.07. The fourth-order valence-electron chi connectivity index (χ4n) is 1.14. The molecule has 15 heavy (non-hydrogen) atoms. The Kier molecular flexibility index (Phi) is 4.05. The van der Waals surface area contributed by atoms with E-state index in [1.807, 2.05) is 0 Å². The van der Waals surface area contributed by atoms with Crippen molar-refractivity contribution in [2.75, 3.05) is 20.7 Å². The maximum Gasteiger partial charge on any atom is 0.178 e. The van der Waals surface area contributed by atoms with Gasteiger partial charge in [0.25, 0.3) is 0 Å². The van der Waals surface area contributed by atoms with Crippen molar-refractivity contribution in [3.63, 3.8) is 0 Å². The lowest BCUT2D eigenvalue weighted by Crippen LogP contribution is -2.19. The van der Waals surface area contributed by atoms with Crippen molar-refractivity contribution in [1.29, 1.82) is 0 Å². The maximum absolute atomic E-state index is 13.2. The van der Waals surface area contributed by atoms with Gasteiger partial charge in [0.2, 0.25) is 0 Å². The van der Waals surface area contributed by atoms with E-state index >= 15 is 0 Å². The van der Waals surface area contributed by atoms with Gasteiger partial charge in [0.1, 0.15) is 11.6 Å². The molecule has 0 aliphatic heterocycles. The fourth-order valence-corrected chi connectivity index (χ4v) is 1.36. The van der Waals surface area contributed by atoms with E-state index in [-0.39, 0.29) is 28.7 Å². The van der Waals surface area contributed by atoms with Gasteiger partial charge in [-0.25, -0.2) is 4.39 Å². The summed E-state index contributed by atoms with van der Waals surface area (Å²) in [6.07, 6.45) is 0. The highest BCUT2D eigenvalue weighted by Crippen LogP contribution is 2.26. The molecule has 0 saturated carbocycles. The standard InChI is InChI=1S/C10H11ClFNO2/c1-13-5-9(14)7-3-6(15-2)4-8(12)10(7)11/h3-4,13H,5H2,1-2H3. The zero-order valence-corrected chi connectivity index (χ0v) is 9.19. The van der Waals surface area contributed by atoms with Gasteiger partial charge in [0.15, 0.2) is 5.78 Å². The average Bonchev–Trinajstić information content (AvgIpc) is 2.22. The number of ether oxygens (including phenoxy) is 1. The van der Waals surface area contributed by atoms with E-state index < -0.39 is 5.82 Å². The van der Waals surface area contributed by atoms with Crippen molar-refractivity contribution in [1.82, 2.24) is 5.32 Å². The van der Waals surface area contributed by atoms with E-state index in [0.717, 1.165) is 6.07 Å². The number of methoxy groups -OCH3 is 1. The van der Waals surface area contributed by atoms with Gasteiger partial charge in [-0.1, -0.05) is 11.6 Å². The molecule has 3 nitrogen and oxygen atoms in total. The molecular weight excluding hydrogens is 221 g/mol. The van der Waals surface area contributed by atoms with Crippen LogP contribution in [0.25, 0.3) is 0 Å². The normalized spacial score (nSPS) is 10.1. The minimum absolute atomic E-state index is 0.103. The number of halogens is 2. The van der Waals surface area contributed by atoms with Crippen LogP contribution in [0, 0.1) is 5.82 Å². The van der Waals surface area contributed by atoms with Crippen molar-refractivity contribution < 1.29 is 13.9 Å². The lowest BCUT2D eigenvalue weighted by atomic mass is 10.1. The predicted octanol–water partition coefficient (Wildman–Crippen LogP) is 1.89. The van der Waals surface area contributed by atoms with Crippen molar-refractivity contribution in [2.45, 2.75) is 0 Å². The summed E-state index contributed by atoms with van der Waals surface area (Å²) in [5, 5.41) is 2.51. The van der Waals surface area contributed by atoms with E-state index in [1.165, 1.54) is 13.2 Å². The van der Waals surface area contributed by atoms with Gasteiger partial charge in [-0.2, -0.15) is 0 Å². The summed E-state index contributed by atoms with van der Waals surface area (Å²) in [7, 11) is 3.03. The molecule has 82 valence electrons. The maximum atomic E-state index is 13.2. The van der Waals surface area contributed by atoms with Crippen LogP contribution >= 0.6 is 11.6 Å². The fraction of sp³-hybridized carbons (Fsp3) is 0.300. The third-order valence-corrected chi connectivity index (χ3v) is 2.26. The molecule has 0 radical (unpaired) electrons. The first-order chi connectivity index (χ1) is 7.10. The molecule has 1 N–H and O–H groups in total. The number of hydrogen-bond donors (Lipinski definition) is 1.